The molecule has 0 rings (SSSR count). The van der Waals surface area contributed by atoms with Gasteiger partial charge in [0.25, 0.3) is 0 Å². The highest BCUT2D eigenvalue weighted by atomic mass is 33.1. The van der Waals surface area contributed by atoms with Crippen molar-refractivity contribution < 1.29 is 13.6 Å². The Balaban J connectivity index is 3.52. The van der Waals surface area contributed by atoms with Crippen molar-refractivity contribution in [3.63, 3.8) is 0 Å². The van der Waals surface area contributed by atoms with Crippen LogP contribution in [0.2, 0.25) is 0 Å². The largest absolute Gasteiger partial charge is 0.329 e. The van der Waals surface area contributed by atoms with Crippen LogP contribution in [0.3, 0.4) is 0 Å². The average molecular weight is 216 g/mol. The minimum atomic E-state index is -2.87. The summed E-state index contributed by atoms with van der Waals surface area (Å²) in [6, 6.07) is 0. The maximum atomic E-state index is 10.8. The van der Waals surface area contributed by atoms with Gasteiger partial charge in [0.05, 0.1) is 21.1 Å². The van der Waals surface area contributed by atoms with E-state index in [1.54, 1.807) is 0 Å². The van der Waals surface area contributed by atoms with E-state index in [1.807, 2.05) is 21.1 Å². The summed E-state index contributed by atoms with van der Waals surface area (Å²) in [6.07, 6.45) is 0. The van der Waals surface area contributed by atoms with Crippen LogP contribution in [0.1, 0.15) is 0 Å². The van der Waals surface area contributed by atoms with Crippen LogP contribution in [0.25, 0.3) is 0 Å². The van der Waals surface area contributed by atoms with E-state index in [1.165, 1.54) is 0 Å². The molecule has 0 spiro atoms. The summed E-state index contributed by atoms with van der Waals surface area (Å²) in [5.41, 5.74) is 0. The molecule has 0 N–H and O–H groups in total. The number of hydrogen-bond donors (Lipinski definition) is 2. The van der Waals surface area contributed by atoms with E-state index in [0.717, 1.165) is 11.0 Å². The summed E-state index contributed by atoms with van der Waals surface area (Å²) in [6.45, 7) is 1.22. The van der Waals surface area contributed by atoms with Gasteiger partial charge in [0.1, 0.15) is 13.2 Å². The van der Waals surface area contributed by atoms with Crippen LogP contribution in [-0.2, 0) is 9.09 Å². The fraction of sp³-hybridized carbons (Fsp3) is 1.00. The number of quaternary nitrogens is 1. The molecule has 68 valence electrons. The molecule has 0 heterocycles. The molecule has 0 unspecified atom stereocenters. The van der Waals surface area contributed by atoms with E-state index >= 15 is 0 Å². The van der Waals surface area contributed by atoms with Crippen LogP contribution < -0.4 is 0 Å². The van der Waals surface area contributed by atoms with Crippen molar-refractivity contribution in [3.05, 3.63) is 0 Å². The van der Waals surface area contributed by atoms with Crippen LogP contribution in [0, 0.1) is 0 Å². The molecular weight excluding hydrogens is 201 g/mol. The third kappa shape index (κ3) is 10.8. The molecule has 6 heteroatoms. The Bertz CT molecular complexity index is 162. The first kappa shape index (κ1) is 11.8. The molecule has 0 aromatic carbocycles. The average Bonchev–Trinajstić information content (AvgIpc) is 1.55. The minimum absolute atomic E-state index is 0.424. The predicted molar refractivity (Wildman–Crippen MR) is 54.4 cm³/mol. The zero-order chi connectivity index (χ0) is 9.12. The molecule has 0 aliphatic heterocycles. The van der Waals surface area contributed by atoms with Gasteiger partial charge in [0.2, 0.25) is 0 Å². The molecule has 0 aliphatic rings. The Hall–Kier alpha value is 0.850. The molecule has 0 atom stereocenters. The summed E-state index contributed by atoms with van der Waals surface area (Å²) in [7, 11) is 6.10. The normalized spacial score (nSPS) is 13.5. The Kier molecular flexibility index (Phi) is 4.51. The van der Waals surface area contributed by atoms with Gasteiger partial charge in [-0.1, -0.05) is 24.5 Å². The van der Waals surface area contributed by atoms with Crippen LogP contribution >= 0.6 is 30.3 Å². The summed E-state index contributed by atoms with van der Waals surface area (Å²) in [5, 5.41) is 0. The van der Waals surface area contributed by atoms with Crippen LogP contribution in [0.5, 0.6) is 0 Å². The van der Waals surface area contributed by atoms with Crippen molar-refractivity contribution in [1.29, 1.82) is 0 Å². The maximum Gasteiger partial charge on any atom is 0.307 e. The SMILES string of the molecule is C[N+](C)(C)CCOP(=O)(S)S. The number of nitrogens with zero attached hydrogens (tertiary/aromatic N) is 1. The quantitative estimate of drug-likeness (QED) is 0.425. The van der Waals surface area contributed by atoms with E-state index < -0.39 is 5.77 Å². The summed E-state index contributed by atoms with van der Waals surface area (Å²) < 4.78 is 16.5. The van der Waals surface area contributed by atoms with Gasteiger partial charge in [-0.15, -0.1) is 0 Å². The lowest BCUT2D eigenvalue weighted by Gasteiger charge is -2.23. The lowest BCUT2D eigenvalue weighted by Crippen LogP contribution is -2.37. The maximum absolute atomic E-state index is 10.8. The van der Waals surface area contributed by atoms with Crippen molar-refractivity contribution >= 4 is 30.3 Å². The minimum Gasteiger partial charge on any atom is -0.329 e. The van der Waals surface area contributed by atoms with Gasteiger partial charge in [-0.05, 0) is 0 Å². The van der Waals surface area contributed by atoms with Gasteiger partial charge in [0.15, 0.2) is 0 Å². The zero-order valence-electron chi connectivity index (χ0n) is 7.02. The smallest absolute Gasteiger partial charge is 0.307 e. The Labute approximate surface area is 78.5 Å². The fourth-order valence-corrected chi connectivity index (χ4v) is 1.24. The molecule has 0 fully saturated rings. The molecule has 0 aromatic rings. The van der Waals surface area contributed by atoms with E-state index in [0.29, 0.717) is 6.61 Å². The van der Waals surface area contributed by atoms with Crippen molar-refractivity contribution in [1.82, 2.24) is 0 Å². The van der Waals surface area contributed by atoms with Gasteiger partial charge >= 0.3 is 5.77 Å². The molecule has 0 radical (unpaired) electrons. The highest BCUT2D eigenvalue weighted by molar-refractivity contribution is 8.79. The first-order chi connectivity index (χ1) is 4.71. The lowest BCUT2D eigenvalue weighted by atomic mass is 10.5. The molecule has 0 saturated heterocycles. The molecule has 0 amide bonds. The molecule has 0 aliphatic carbocycles. The van der Waals surface area contributed by atoms with Crippen molar-refractivity contribution in [2.24, 2.45) is 0 Å². The summed E-state index contributed by atoms with van der Waals surface area (Å²) >= 11 is 7.35. The molecule has 0 saturated carbocycles. The van der Waals surface area contributed by atoms with E-state index in [4.69, 9.17) is 4.52 Å². The Morgan fingerprint density at radius 3 is 2.09 bits per heavy atom. The first-order valence-corrected chi connectivity index (χ1v) is 7.14. The molecule has 3 nitrogen and oxygen atoms in total. The standard InChI is InChI=1S/C5H14NO2PS2/c1-6(2,3)4-5-8-9(7,10)11/h4-5H2,1-3H3,(H-,7,10,11)/p+1. The number of rotatable bonds is 4. The molecule has 0 bridgehead atoms. The second kappa shape index (κ2) is 4.19. The van der Waals surface area contributed by atoms with E-state index in [9.17, 15) is 4.57 Å². The van der Waals surface area contributed by atoms with Gasteiger partial charge in [-0.25, -0.2) is 0 Å². The van der Waals surface area contributed by atoms with Crippen LogP contribution in [0.15, 0.2) is 0 Å². The zero-order valence-corrected chi connectivity index (χ0v) is 9.70. The molecule has 0 aromatic heterocycles. The number of thiol groups is 2. The topological polar surface area (TPSA) is 26.3 Å². The van der Waals surface area contributed by atoms with Crippen molar-refractivity contribution in [2.45, 2.75) is 0 Å². The van der Waals surface area contributed by atoms with Gasteiger partial charge < -0.3 is 9.01 Å². The van der Waals surface area contributed by atoms with Gasteiger partial charge in [0, 0.05) is 0 Å². The highest BCUT2D eigenvalue weighted by Gasteiger charge is 2.13. The second-order valence-corrected chi connectivity index (χ2v) is 8.68. The summed E-state index contributed by atoms with van der Waals surface area (Å²) in [4.78, 5) is 0. The van der Waals surface area contributed by atoms with Crippen LogP contribution in [0.4, 0.5) is 0 Å². The third-order valence-corrected chi connectivity index (χ3v) is 2.23. The van der Waals surface area contributed by atoms with Gasteiger partial charge in [-0.3, -0.25) is 4.57 Å². The monoisotopic (exact) mass is 216 g/mol. The molecule has 11 heavy (non-hydrogen) atoms. The highest BCUT2D eigenvalue weighted by Crippen LogP contribution is 2.56. The van der Waals surface area contributed by atoms with Gasteiger partial charge in [-0.2, -0.15) is 0 Å². The van der Waals surface area contributed by atoms with Crippen molar-refractivity contribution in [2.75, 3.05) is 34.3 Å². The second-order valence-electron chi connectivity index (χ2n) is 3.34. The van der Waals surface area contributed by atoms with E-state index in [-0.39, 0.29) is 0 Å². The summed E-state index contributed by atoms with van der Waals surface area (Å²) in [5.74, 6) is -2.87. The molecular formula is C5H15NO2PS2+. The Morgan fingerprint density at radius 2 is 1.82 bits per heavy atom. The van der Waals surface area contributed by atoms with Crippen LogP contribution in [-0.4, -0.2) is 38.8 Å². The number of hydrogen-bond acceptors (Lipinski definition) is 2. The first-order valence-electron chi connectivity index (χ1n) is 3.21. The predicted octanol–water partition coefficient (Wildman–Crippen LogP) is 1.68. The lowest BCUT2D eigenvalue weighted by molar-refractivity contribution is -0.870. The van der Waals surface area contributed by atoms with Crippen molar-refractivity contribution in [3.8, 4) is 0 Å². The number of likely N-dealkylation sites (N-methyl/N-ethyl adjacent to an activating group) is 1. The fourth-order valence-electron chi connectivity index (χ4n) is 0.434. The Morgan fingerprint density at radius 1 is 1.36 bits per heavy atom. The third-order valence-electron chi connectivity index (χ3n) is 1.02. The van der Waals surface area contributed by atoms with E-state index in [2.05, 4.69) is 24.5 Å².